The van der Waals surface area contributed by atoms with Gasteiger partial charge in [0.05, 0.1) is 11.6 Å². The number of ether oxygens (including phenoxy) is 1. The van der Waals surface area contributed by atoms with Gasteiger partial charge in [-0.1, -0.05) is 12.1 Å². The van der Waals surface area contributed by atoms with Crippen molar-refractivity contribution in [2.75, 3.05) is 26.2 Å². The Labute approximate surface area is 168 Å². The molecule has 1 aliphatic rings. The van der Waals surface area contributed by atoms with Crippen LogP contribution in [0.1, 0.15) is 23.2 Å². The highest BCUT2D eigenvalue weighted by Gasteiger charge is 2.21. The number of piperidine rings is 1. The second-order valence-electron chi connectivity index (χ2n) is 7.23. The predicted octanol–water partition coefficient (Wildman–Crippen LogP) is 3.17. The molecule has 1 unspecified atom stereocenters. The van der Waals surface area contributed by atoms with Gasteiger partial charge >= 0.3 is 5.97 Å². The number of β-amino-alcohol motifs (C(OH)–C–C–N with tert-alkyl or cyclic N) is 1. The number of hydrogen-bond donors (Lipinski definition) is 2. The van der Waals surface area contributed by atoms with Crippen LogP contribution in [0.5, 0.6) is 5.75 Å². The van der Waals surface area contributed by atoms with Crippen LogP contribution in [0.2, 0.25) is 0 Å². The zero-order valence-corrected chi connectivity index (χ0v) is 15.9. The molecule has 0 amide bonds. The summed E-state index contributed by atoms with van der Waals surface area (Å²) in [5.74, 6) is -1.11. The summed E-state index contributed by atoms with van der Waals surface area (Å²) in [4.78, 5) is 13.1. The van der Waals surface area contributed by atoms with Crippen LogP contribution in [0.4, 0.5) is 4.39 Å². The third kappa shape index (κ3) is 5.76. The Bertz CT molecular complexity index is 887. The van der Waals surface area contributed by atoms with Gasteiger partial charge < -0.3 is 19.8 Å². The zero-order valence-electron chi connectivity index (χ0n) is 15.9. The lowest BCUT2D eigenvalue weighted by atomic mass is 9.98. The molecule has 0 radical (unpaired) electrons. The number of carboxylic acids is 1. The molecule has 3 rings (SSSR count). The lowest BCUT2D eigenvalue weighted by Crippen LogP contribution is -2.40. The summed E-state index contributed by atoms with van der Waals surface area (Å²) < 4.78 is 19.6. The highest BCUT2D eigenvalue weighted by Crippen LogP contribution is 2.26. The minimum absolute atomic E-state index is 0.0268. The predicted molar refractivity (Wildman–Crippen MR) is 105 cm³/mol. The molecule has 0 spiro atoms. The van der Waals surface area contributed by atoms with Crippen LogP contribution in [0.3, 0.4) is 0 Å². The first kappa shape index (κ1) is 20.8. The molecule has 2 aromatic rings. The first-order valence-corrected chi connectivity index (χ1v) is 9.52. The molecule has 152 valence electrons. The Morgan fingerprint density at radius 1 is 1.21 bits per heavy atom. The Kier molecular flexibility index (Phi) is 6.81. The molecular weight excluding hydrogens is 375 g/mol. The van der Waals surface area contributed by atoms with Gasteiger partial charge in [-0.3, -0.25) is 0 Å². The number of carboxylic acid groups (broad SMARTS) is 1. The Hall–Kier alpha value is -2.95. The summed E-state index contributed by atoms with van der Waals surface area (Å²) >= 11 is 0. The van der Waals surface area contributed by atoms with E-state index >= 15 is 0 Å². The van der Waals surface area contributed by atoms with Gasteiger partial charge in [0.15, 0.2) is 0 Å². The van der Waals surface area contributed by atoms with Crippen LogP contribution in [0.25, 0.3) is 11.1 Å². The average molecular weight is 398 g/mol. The molecule has 1 aliphatic heterocycles. The highest BCUT2D eigenvalue weighted by atomic mass is 19.1. The van der Waals surface area contributed by atoms with Crippen LogP contribution in [0.15, 0.2) is 42.5 Å². The second kappa shape index (κ2) is 9.50. The first-order chi connectivity index (χ1) is 13.9. The zero-order chi connectivity index (χ0) is 20.8. The van der Waals surface area contributed by atoms with Crippen molar-refractivity contribution in [3.05, 3.63) is 53.8 Å². The van der Waals surface area contributed by atoms with Gasteiger partial charge in [0.25, 0.3) is 0 Å². The van der Waals surface area contributed by atoms with E-state index in [2.05, 4.69) is 11.0 Å². The van der Waals surface area contributed by atoms with Gasteiger partial charge in [0.1, 0.15) is 24.3 Å². The number of aliphatic hydroxyl groups excluding tert-OH is 1. The topological polar surface area (TPSA) is 93.8 Å². The molecule has 1 atom stereocenters. The Morgan fingerprint density at radius 2 is 1.90 bits per heavy atom. The van der Waals surface area contributed by atoms with Gasteiger partial charge in [0, 0.05) is 18.5 Å². The van der Waals surface area contributed by atoms with E-state index in [0.717, 1.165) is 25.9 Å². The molecule has 0 aromatic heterocycles. The lowest BCUT2D eigenvalue weighted by molar-refractivity contribution is 0.0582. The molecular formula is C22H23FN2O4. The van der Waals surface area contributed by atoms with Crippen molar-refractivity contribution in [1.29, 1.82) is 5.26 Å². The van der Waals surface area contributed by atoms with Crippen molar-refractivity contribution < 1.29 is 24.1 Å². The van der Waals surface area contributed by atoms with E-state index in [9.17, 15) is 14.3 Å². The van der Waals surface area contributed by atoms with Gasteiger partial charge in [-0.15, -0.1) is 0 Å². The molecule has 6 nitrogen and oxygen atoms in total. The molecule has 2 N–H and O–H groups in total. The van der Waals surface area contributed by atoms with Crippen LogP contribution >= 0.6 is 0 Å². The van der Waals surface area contributed by atoms with Crippen LogP contribution in [-0.4, -0.2) is 53.4 Å². The Morgan fingerprint density at radius 3 is 2.52 bits per heavy atom. The molecule has 1 saturated heterocycles. The summed E-state index contributed by atoms with van der Waals surface area (Å²) in [7, 11) is 0. The molecule has 1 fully saturated rings. The molecule has 0 bridgehead atoms. The van der Waals surface area contributed by atoms with Crippen molar-refractivity contribution in [3.8, 4) is 22.9 Å². The maximum atomic E-state index is 14.0. The number of likely N-dealkylation sites (tertiary alicyclic amines) is 1. The van der Waals surface area contributed by atoms with Crippen LogP contribution in [0, 0.1) is 23.1 Å². The van der Waals surface area contributed by atoms with E-state index in [4.69, 9.17) is 15.1 Å². The fourth-order valence-corrected chi connectivity index (χ4v) is 3.41. The quantitative estimate of drug-likeness (QED) is 0.744. The molecule has 29 heavy (non-hydrogen) atoms. The number of halogens is 1. The van der Waals surface area contributed by atoms with E-state index in [0.29, 0.717) is 23.4 Å². The number of hydrogen-bond acceptors (Lipinski definition) is 5. The summed E-state index contributed by atoms with van der Waals surface area (Å²) in [5.41, 5.74) is 1.38. The number of aromatic carboxylic acids is 1. The number of benzene rings is 2. The van der Waals surface area contributed by atoms with E-state index in [1.807, 2.05) is 0 Å². The third-order valence-electron chi connectivity index (χ3n) is 5.02. The lowest BCUT2D eigenvalue weighted by Gasteiger charge is -2.30. The van der Waals surface area contributed by atoms with E-state index < -0.39 is 17.9 Å². The minimum Gasteiger partial charge on any atom is -0.491 e. The summed E-state index contributed by atoms with van der Waals surface area (Å²) in [6.45, 7) is 2.01. The van der Waals surface area contributed by atoms with Crippen molar-refractivity contribution in [1.82, 2.24) is 4.90 Å². The monoisotopic (exact) mass is 398 g/mol. The molecule has 7 heteroatoms. The second-order valence-corrected chi connectivity index (χ2v) is 7.23. The van der Waals surface area contributed by atoms with E-state index in [1.165, 1.54) is 24.3 Å². The largest absolute Gasteiger partial charge is 0.491 e. The number of aliphatic hydroxyl groups is 1. The fraction of sp³-hybridized carbons (Fsp3) is 0.364. The maximum Gasteiger partial charge on any atom is 0.335 e. The van der Waals surface area contributed by atoms with Crippen molar-refractivity contribution in [2.45, 2.75) is 18.9 Å². The van der Waals surface area contributed by atoms with Gasteiger partial charge in [-0.2, -0.15) is 5.26 Å². The van der Waals surface area contributed by atoms with Gasteiger partial charge in [-0.05, 0) is 61.3 Å². The van der Waals surface area contributed by atoms with E-state index in [1.54, 1.807) is 18.2 Å². The minimum atomic E-state index is -1.02. The van der Waals surface area contributed by atoms with Gasteiger partial charge in [0.2, 0.25) is 0 Å². The molecule has 2 aromatic carbocycles. The summed E-state index contributed by atoms with van der Waals surface area (Å²) in [6, 6.07) is 12.7. The summed E-state index contributed by atoms with van der Waals surface area (Å²) in [5, 5.41) is 28.2. The van der Waals surface area contributed by atoms with Crippen molar-refractivity contribution in [2.24, 2.45) is 5.92 Å². The standard InChI is InChI=1S/C22H23FN2O4/c23-19-9-18(16-1-3-17(4-2-16)22(27)28)10-21(11-19)29-14-20(26)13-25-7-5-15(12-24)6-8-25/h1-4,9-11,15,20,26H,5-8,13-14H2,(H,27,28). The normalized spacial score (nSPS) is 16.2. The van der Waals surface area contributed by atoms with Crippen LogP contribution < -0.4 is 4.74 Å². The maximum absolute atomic E-state index is 14.0. The average Bonchev–Trinajstić information content (AvgIpc) is 2.72. The third-order valence-corrected chi connectivity index (χ3v) is 5.02. The van der Waals surface area contributed by atoms with Crippen LogP contribution in [-0.2, 0) is 0 Å². The first-order valence-electron chi connectivity index (χ1n) is 9.52. The fourth-order valence-electron chi connectivity index (χ4n) is 3.41. The molecule has 1 heterocycles. The number of nitrogens with zero attached hydrogens (tertiary/aromatic N) is 2. The highest BCUT2D eigenvalue weighted by molar-refractivity contribution is 5.88. The van der Waals surface area contributed by atoms with Gasteiger partial charge in [-0.25, -0.2) is 9.18 Å². The van der Waals surface area contributed by atoms with Crippen molar-refractivity contribution in [3.63, 3.8) is 0 Å². The van der Waals surface area contributed by atoms with E-state index in [-0.39, 0.29) is 18.1 Å². The molecule has 0 saturated carbocycles. The number of carbonyl (C=O) groups is 1. The summed E-state index contributed by atoms with van der Waals surface area (Å²) in [6.07, 6.45) is 0.880. The van der Waals surface area contributed by atoms with Crippen molar-refractivity contribution >= 4 is 5.97 Å². The Balaban J connectivity index is 1.58. The SMILES string of the molecule is N#CC1CCN(CC(O)COc2cc(F)cc(-c3ccc(C(=O)O)cc3)c2)CC1. The number of nitriles is 1. The molecule has 0 aliphatic carbocycles. The number of rotatable bonds is 7. The smallest absolute Gasteiger partial charge is 0.335 e.